The number of anilines is 4. The first-order valence-corrected chi connectivity index (χ1v) is 15.5. The summed E-state index contributed by atoms with van der Waals surface area (Å²) in [6.07, 6.45) is 7.67. The van der Waals surface area contributed by atoms with Crippen LogP contribution in [-0.2, 0) is 10.0 Å². The molecule has 0 bridgehead atoms. The zero-order chi connectivity index (χ0) is 28.0. The Hall–Kier alpha value is -3.12. The minimum atomic E-state index is -3.66. The van der Waals surface area contributed by atoms with Gasteiger partial charge in [0.05, 0.1) is 4.90 Å². The monoisotopic (exact) mass is 567 g/mol. The molecule has 3 aromatic rings. The lowest BCUT2D eigenvalue weighted by atomic mass is 9.91. The number of sulfonamides is 1. The summed E-state index contributed by atoms with van der Waals surface area (Å²) in [5.74, 6) is 0.595. The molecule has 2 heterocycles. The molecule has 0 atom stereocenters. The van der Waals surface area contributed by atoms with Gasteiger partial charge in [0.15, 0.2) is 0 Å². The van der Waals surface area contributed by atoms with Crippen molar-refractivity contribution in [2.24, 2.45) is 0 Å². The summed E-state index contributed by atoms with van der Waals surface area (Å²) in [6.45, 7) is 3.37. The van der Waals surface area contributed by atoms with Crippen molar-refractivity contribution in [3.8, 4) is 0 Å². The van der Waals surface area contributed by atoms with E-state index in [1.165, 1.54) is 25.0 Å². The maximum absolute atomic E-state index is 13.9. The van der Waals surface area contributed by atoms with Crippen molar-refractivity contribution in [2.45, 2.75) is 55.5 Å². The largest absolute Gasteiger partial charge is 0.340 e. The number of aromatic nitrogens is 2. The average Bonchev–Trinajstić information content (AvgIpc) is 3.49. The molecule has 5 rings (SSSR count). The van der Waals surface area contributed by atoms with E-state index in [0.29, 0.717) is 40.6 Å². The third kappa shape index (κ3) is 7.14. The van der Waals surface area contributed by atoms with E-state index in [1.807, 2.05) is 7.05 Å². The summed E-state index contributed by atoms with van der Waals surface area (Å²) in [5, 5.41) is 9.60. The third-order valence-electron chi connectivity index (χ3n) is 7.84. The SMILES string of the molecule is CNC1CCC(N(CCN2CCCC2)S(=O)(=O)c2ccc(Nc3nccc(Nc4ccc(F)cc4)n3)cc2)CC1. The van der Waals surface area contributed by atoms with Crippen LogP contribution in [0.1, 0.15) is 38.5 Å². The van der Waals surface area contributed by atoms with E-state index < -0.39 is 10.0 Å². The Labute approximate surface area is 236 Å². The maximum atomic E-state index is 13.9. The Bertz CT molecular complexity index is 1340. The van der Waals surface area contributed by atoms with Gasteiger partial charge < -0.3 is 20.9 Å². The van der Waals surface area contributed by atoms with Gasteiger partial charge in [0.25, 0.3) is 0 Å². The summed E-state index contributed by atoms with van der Waals surface area (Å²) >= 11 is 0. The summed E-state index contributed by atoms with van der Waals surface area (Å²) < 4.78 is 42.8. The van der Waals surface area contributed by atoms with Crippen molar-refractivity contribution in [1.82, 2.24) is 24.5 Å². The van der Waals surface area contributed by atoms with Crippen LogP contribution in [0.2, 0.25) is 0 Å². The van der Waals surface area contributed by atoms with E-state index in [-0.39, 0.29) is 11.9 Å². The van der Waals surface area contributed by atoms with Crippen molar-refractivity contribution < 1.29 is 12.8 Å². The molecule has 1 saturated heterocycles. The molecule has 2 aromatic carbocycles. The van der Waals surface area contributed by atoms with Crippen LogP contribution >= 0.6 is 0 Å². The topological polar surface area (TPSA) is 102 Å². The van der Waals surface area contributed by atoms with Crippen LogP contribution in [0.3, 0.4) is 0 Å². The molecule has 40 heavy (non-hydrogen) atoms. The van der Waals surface area contributed by atoms with Gasteiger partial charge in [-0.2, -0.15) is 9.29 Å². The van der Waals surface area contributed by atoms with Crippen molar-refractivity contribution >= 4 is 33.2 Å². The minimum absolute atomic E-state index is 0.0137. The average molecular weight is 568 g/mol. The number of halogens is 1. The Balaban J connectivity index is 1.28. The number of likely N-dealkylation sites (tertiary alicyclic amines) is 1. The van der Waals surface area contributed by atoms with E-state index in [9.17, 15) is 12.8 Å². The maximum Gasteiger partial charge on any atom is 0.243 e. The van der Waals surface area contributed by atoms with E-state index >= 15 is 0 Å². The van der Waals surface area contributed by atoms with Crippen LogP contribution < -0.4 is 16.0 Å². The van der Waals surface area contributed by atoms with Crippen LogP contribution in [-0.4, -0.2) is 72.9 Å². The molecule has 1 saturated carbocycles. The second-order valence-electron chi connectivity index (χ2n) is 10.5. The van der Waals surface area contributed by atoms with Crippen molar-refractivity contribution in [3.63, 3.8) is 0 Å². The molecule has 1 aromatic heterocycles. The van der Waals surface area contributed by atoms with Gasteiger partial charge in [-0.15, -0.1) is 0 Å². The van der Waals surface area contributed by atoms with Crippen LogP contribution in [0.4, 0.5) is 27.5 Å². The number of hydrogen-bond donors (Lipinski definition) is 3. The lowest BCUT2D eigenvalue weighted by Crippen LogP contribution is -2.47. The number of nitrogens with zero attached hydrogens (tertiary/aromatic N) is 4. The zero-order valence-corrected chi connectivity index (χ0v) is 23.7. The Morgan fingerprint density at radius 3 is 2.25 bits per heavy atom. The van der Waals surface area contributed by atoms with Gasteiger partial charge in [0, 0.05) is 42.7 Å². The van der Waals surface area contributed by atoms with Gasteiger partial charge in [-0.3, -0.25) is 0 Å². The minimum Gasteiger partial charge on any atom is -0.340 e. The molecule has 0 amide bonds. The van der Waals surface area contributed by atoms with Crippen molar-refractivity contribution in [1.29, 1.82) is 0 Å². The summed E-state index contributed by atoms with van der Waals surface area (Å²) in [4.78, 5) is 11.4. The predicted octanol–water partition coefficient (Wildman–Crippen LogP) is 4.72. The quantitative estimate of drug-likeness (QED) is 0.306. The van der Waals surface area contributed by atoms with Crippen molar-refractivity contribution in [2.75, 3.05) is 43.9 Å². The lowest BCUT2D eigenvalue weighted by Gasteiger charge is -2.36. The molecule has 2 aliphatic rings. The van der Waals surface area contributed by atoms with E-state index in [4.69, 9.17) is 0 Å². The van der Waals surface area contributed by atoms with E-state index in [0.717, 1.165) is 45.3 Å². The van der Waals surface area contributed by atoms with Gasteiger partial charge in [-0.1, -0.05) is 0 Å². The first-order valence-electron chi connectivity index (χ1n) is 14.0. The Morgan fingerprint density at radius 1 is 0.925 bits per heavy atom. The van der Waals surface area contributed by atoms with E-state index in [2.05, 4.69) is 30.8 Å². The van der Waals surface area contributed by atoms with Crippen LogP contribution in [0.15, 0.2) is 65.7 Å². The van der Waals surface area contributed by atoms with Crippen LogP contribution in [0.5, 0.6) is 0 Å². The first-order chi connectivity index (χ1) is 19.4. The fourth-order valence-electron chi connectivity index (χ4n) is 5.54. The molecule has 0 unspecified atom stereocenters. The summed E-state index contributed by atoms with van der Waals surface area (Å²) in [6, 6.07) is 15.0. The molecule has 0 spiro atoms. The smallest absolute Gasteiger partial charge is 0.243 e. The molecule has 11 heteroatoms. The number of hydrogen-bond acceptors (Lipinski definition) is 8. The van der Waals surface area contributed by atoms with Gasteiger partial charge in [0.1, 0.15) is 11.6 Å². The molecular weight excluding hydrogens is 529 g/mol. The van der Waals surface area contributed by atoms with Crippen LogP contribution in [0, 0.1) is 5.82 Å². The highest BCUT2D eigenvalue weighted by molar-refractivity contribution is 7.89. The molecule has 2 fully saturated rings. The van der Waals surface area contributed by atoms with Gasteiger partial charge >= 0.3 is 0 Å². The molecule has 3 N–H and O–H groups in total. The molecule has 214 valence electrons. The first kappa shape index (κ1) is 28.4. The van der Waals surface area contributed by atoms with Crippen LogP contribution in [0.25, 0.3) is 0 Å². The third-order valence-corrected chi connectivity index (χ3v) is 9.80. The van der Waals surface area contributed by atoms with Gasteiger partial charge in [-0.25, -0.2) is 17.8 Å². The standard InChI is InChI=1S/C29H38FN7O2S/c1-31-23-8-12-26(13-9-23)37(21-20-36-18-2-3-19-36)40(38,39)27-14-10-25(11-15-27)34-29-32-17-16-28(35-29)33-24-6-4-22(30)5-7-24/h4-7,10-11,14-17,23,26,31H,2-3,8-9,12-13,18-21H2,1H3,(H2,32,33,34,35). The van der Waals surface area contributed by atoms with Crippen molar-refractivity contribution in [3.05, 3.63) is 66.6 Å². The Morgan fingerprint density at radius 2 is 1.57 bits per heavy atom. The fraction of sp³-hybridized carbons (Fsp3) is 0.448. The highest BCUT2D eigenvalue weighted by Crippen LogP contribution is 2.29. The van der Waals surface area contributed by atoms with Gasteiger partial charge in [-0.05, 0) is 113 Å². The molecule has 9 nitrogen and oxygen atoms in total. The molecule has 1 aliphatic carbocycles. The zero-order valence-electron chi connectivity index (χ0n) is 22.9. The summed E-state index contributed by atoms with van der Waals surface area (Å²) in [5.41, 5.74) is 1.38. The highest BCUT2D eigenvalue weighted by Gasteiger charge is 2.34. The summed E-state index contributed by atoms with van der Waals surface area (Å²) in [7, 11) is -1.68. The normalized spacial score (nSPS) is 20.1. The lowest BCUT2D eigenvalue weighted by molar-refractivity contribution is 0.207. The molecule has 1 aliphatic heterocycles. The predicted molar refractivity (Wildman–Crippen MR) is 156 cm³/mol. The van der Waals surface area contributed by atoms with Gasteiger partial charge in [0.2, 0.25) is 16.0 Å². The fourth-order valence-corrected chi connectivity index (χ4v) is 7.22. The Kier molecular flexibility index (Phi) is 9.25. The second kappa shape index (κ2) is 13.0. The molecular formula is C29H38FN7O2S. The number of benzene rings is 2. The molecule has 0 radical (unpaired) electrons. The second-order valence-corrected chi connectivity index (χ2v) is 12.4. The van der Waals surface area contributed by atoms with E-state index in [1.54, 1.807) is 53.0 Å². The highest BCUT2D eigenvalue weighted by atomic mass is 32.2. The number of nitrogens with one attached hydrogen (secondary N) is 3. The number of rotatable bonds is 11.